The molecule has 82 valence electrons. The number of nitriles is 1. The predicted molar refractivity (Wildman–Crippen MR) is 62.9 cm³/mol. The van der Waals surface area contributed by atoms with Gasteiger partial charge in [-0.05, 0) is 30.8 Å². The number of furan rings is 1. The smallest absolute Gasteiger partial charge is 0.193 e. The topological polar surface area (TPSA) is 49.0 Å². The van der Waals surface area contributed by atoms with Gasteiger partial charge in [0.2, 0.25) is 0 Å². The third kappa shape index (κ3) is 3.78. The van der Waals surface area contributed by atoms with E-state index in [-0.39, 0.29) is 11.3 Å². The summed E-state index contributed by atoms with van der Waals surface area (Å²) in [6.07, 6.45) is 0. The van der Waals surface area contributed by atoms with E-state index in [4.69, 9.17) is 21.3 Å². The van der Waals surface area contributed by atoms with Crippen LogP contribution in [-0.2, 0) is 5.75 Å². The van der Waals surface area contributed by atoms with E-state index in [9.17, 15) is 0 Å². The van der Waals surface area contributed by atoms with E-state index in [1.54, 1.807) is 24.9 Å². The van der Waals surface area contributed by atoms with E-state index < -0.39 is 0 Å². The first-order chi connectivity index (χ1) is 7.17. The van der Waals surface area contributed by atoms with Crippen molar-refractivity contribution in [3.63, 3.8) is 0 Å². The van der Waals surface area contributed by atoms with Gasteiger partial charge in [0, 0.05) is 5.25 Å². The second-order valence-corrected chi connectivity index (χ2v) is 4.86. The Morgan fingerprint density at radius 2 is 2.40 bits per heavy atom. The zero-order chi connectivity index (χ0) is 11.3. The van der Waals surface area contributed by atoms with Gasteiger partial charge < -0.3 is 9.73 Å². The highest BCUT2D eigenvalue weighted by molar-refractivity contribution is 7.99. The zero-order valence-corrected chi connectivity index (χ0v) is 10.2. The Kier molecular flexibility index (Phi) is 5.03. The lowest BCUT2D eigenvalue weighted by Crippen LogP contribution is -2.32. The maximum Gasteiger partial charge on any atom is 0.193 e. The van der Waals surface area contributed by atoms with Crippen LogP contribution in [0.4, 0.5) is 0 Å². The minimum atomic E-state index is -0.138. The molecule has 0 saturated carbocycles. The molecule has 1 heterocycles. The molecule has 0 fully saturated rings. The van der Waals surface area contributed by atoms with E-state index in [0.717, 1.165) is 11.5 Å². The third-order valence-electron chi connectivity index (χ3n) is 2.04. The Labute approximate surface area is 98.8 Å². The molecule has 0 aliphatic carbocycles. The summed E-state index contributed by atoms with van der Waals surface area (Å²) in [5, 5.41) is 12.4. The van der Waals surface area contributed by atoms with Crippen LogP contribution in [0.1, 0.15) is 12.7 Å². The Balaban J connectivity index is 2.40. The summed E-state index contributed by atoms with van der Waals surface area (Å²) >= 11 is 7.31. The number of thioether (sulfide) groups is 1. The van der Waals surface area contributed by atoms with Gasteiger partial charge in [0.25, 0.3) is 0 Å². The Morgan fingerprint density at radius 1 is 1.67 bits per heavy atom. The minimum absolute atomic E-state index is 0.138. The first-order valence-corrected chi connectivity index (χ1v) is 6.02. The zero-order valence-electron chi connectivity index (χ0n) is 8.66. The van der Waals surface area contributed by atoms with Crippen molar-refractivity contribution in [2.24, 2.45) is 0 Å². The van der Waals surface area contributed by atoms with Gasteiger partial charge in [0.15, 0.2) is 5.22 Å². The van der Waals surface area contributed by atoms with Crippen LogP contribution >= 0.6 is 23.4 Å². The molecule has 3 nitrogen and oxygen atoms in total. The lowest BCUT2D eigenvalue weighted by atomic mass is 10.2. The largest absolute Gasteiger partial charge is 0.449 e. The second kappa shape index (κ2) is 6.06. The molecule has 1 aromatic rings. The summed E-state index contributed by atoms with van der Waals surface area (Å²) in [4.78, 5) is 0. The van der Waals surface area contributed by atoms with Gasteiger partial charge in [-0.1, -0.05) is 6.92 Å². The summed E-state index contributed by atoms with van der Waals surface area (Å²) in [6.45, 7) is 2.01. The van der Waals surface area contributed by atoms with Gasteiger partial charge in [0.05, 0.1) is 11.8 Å². The highest BCUT2D eigenvalue weighted by atomic mass is 35.5. The molecular formula is C10H13ClN2OS. The van der Waals surface area contributed by atoms with Gasteiger partial charge >= 0.3 is 0 Å². The normalized spacial score (nSPS) is 14.5. The number of nitrogens with zero attached hydrogens (tertiary/aromatic N) is 1. The lowest BCUT2D eigenvalue weighted by Gasteiger charge is -2.15. The fourth-order valence-electron chi connectivity index (χ4n) is 1.14. The Hall–Kier alpha value is -0.630. The van der Waals surface area contributed by atoms with Crippen molar-refractivity contribution in [3.8, 4) is 6.07 Å². The number of rotatable bonds is 5. The highest BCUT2D eigenvalue weighted by Crippen LogP contribution is 2.22. The van der Waals surface area contributed by atoms with Crippen molar-refractivity contribution >= 4 is 23.4 Å². The number of hydrogen-bond donors (Lipinski definition) is 1. The van der Waals surface area contributed by atoms with Crippen LogP contribution in [0, 0.1) is 11.3 Å². The maximum atomic E-state index is 8.83. The summed E-state index contributed by atoms with van der Waals surface area (Å²) in [7, 11) is 1.79. The van der Waals surface area contributed by atoms with E-state index in [1.807, 2.05) is 13.0 Å². The Morgan fingerprint density at radius 3 is 2.87 bits per heavy atom. The monoisotopic (exact) mass is 244 g/mol. The molecule has 0 amide bonds. The average Bonchev–Trinajstić information content (AvgIpc) is 2.63. The summed E-state index contributed by atoms with van der Waals surface area (Å²) in [6, 6.07) is 5.64. The van der Waals surface area contributed by atoms with Crippen molar-refractivity contribution < 1.29 is 4.42 Å². The first kappa shape index (κ1) is 12.4. The third-order valence-corrected chi connectivity index (χ3v) is 3.49. The summed E-state index contributed by atoms with van der Waals surface area (Å²) in [5.41, 5.74) is 0. The van der Waals surface area contributed by atoms with Gasteiger partial charge in [-0.15, -0.1) is 11.8 Å². The van der Waals surface area contributed by atoms with Crippen molar-refractivity contribution in [3.05, 3.63) is 23.1 Å². The summed E-state index contributed by atoms with van der Waals surface area (Å²) in [5.74, 6) is 1.57. The number of halogens is 1. The molecular weight excluding hydrogens is 232 g/mol. The maximum absolute atomic E-state index is 8.83. The van der Waals surface area contributed by atoms with Crippen LogP contribution in [0.2, 0.25) is 5.22 Å². The van der Waals surface area contributed by atoms with Gasteiger partial charge in [-0.25, -0.2) is 0 Å². The predicted octanol–water partition coefficient (Wildman–Crippen LogP) is 2.67. The van der Waals surface area contributed by atoms with Crippen LogP contribution in [0.3, 0.4) is 0 Å². The van der Waals surface area contributed by atoms with Crippen molar-refractivity contribution in [2.45, 2.75) is 24.0 Å². The van der Waals surface area contributed by atoms with Crippen molar-refractivity contribution in [1.29, 1.82) is 5.26 Å². The quantitative estimate of drug-likeness (QED) is 0.865. The molecule has 0 aliphatic heterocycles. The molecule has 0 bridgehead atoms. The molecule has 0 aromatic carbocycles. The fraction of sp³-hybridized carbons (Fsp3) is 0.500. The fourth-order valence-corrected chi connectivity index (χ4v) is 2.28. The SMILES string of the molecule is CNC(C#N)C(C)SCc1ccc(Cl)o1. The number of hydrogen-bond acceptors (Lipinski definition) is 4. The van der Waals surface area contributed by atoms with Crippen LogP contribution in [0.25, 0.3) is 0 Å². The van der Waals surface area contributed by atoms with Gasteiger partial charge in [0.1, 0.15) is 11.8 Å². The molecule has 1 N–H and O–H groups in total. The minimum Gasteiger partial charge on any atom is -0.449 e. The second-order valence-electron chi connectivity index (χ2n) is 3.12. The molecule has 0 saturated heterocycles. The molecule has 2 atom stereocenters. The Bertz CT molecular complexity index is 347. The molecule has 1 aromatic heterocycles. The van der Waals surface area contributed by atoms with Crippen LogP contribution in [0.15, 0.2) is 16.5 Å². The molecule has 0 spiro atoms. The molecule has 5 heteroatoms. The van der Waals surface area contributed by atoms with Crippen LogP contribution in [-0.4, -0.2) is 18.3 Å². The highest BCUT2D eigenvalue weighted by Gasteiger charge is 2.15. The van der Waals surface area contributed by atoms with Gasteiger partial charge in [-0.2, -0.15) is 5.26 Å². The molecule has 0 radical (unpaired) electrons. The molecule has 1 rings (SSSR count). The van der Waals surface area contributed by atoms with Crippen LogP contribution in [0.5, 0.6) is 0 Å². The molecule has 2 unspecified atom stereocenters. The first-order valence-electron chi connectivity index (χ1n) is 4.60. The van der Waals surface area contributed by atoms with Gasteiger partial charge in [-0.3, -0.25) is 0 Å². The van der Waals surface area contributed by atoms with E-state index in [0.29, 0.717) is 5.22 Å². The molecule has 0 aliphatic rings. The summed E-state index contributed by atoms with van der Waals surface area (Å²) < 4.78 is 5.22. The van der Waals surface area contributed by atoms with E-state index >= 15 is 0 Å². The molecule has 15 heavy (non-hydrogen) atoms. The average molecular weight is 245 g/mol. The standard InChI is InChI=1S/C10H13ClN2OS/c1-7(9(5-12)13-2)15-6-8-3-4-10(11)14-8/h3-4,7,9,13H,6H2,1-2H3. The van der Waals surface area contributed by atoms with E-state index in [2.05, 4.69) is 11.4 Å². The van der Waals surface area contributed by atoms with Crippen molar-refractivity contribution in [2.75, 3.05) is 7.05 Å². The van der Waals surface area contributed by atoms with Crippen molar-refractivity contribution in [1.82, 2.24) is 5.32 Å². The lowest BCUT2D eigenvalue weighted by molar-refractivity contribution is 0.531. The van der Waals surface area contributed by atoms with E-state index in [1.165, 1.54) is 0 Å². The van der Waals surface area contributed by atoms with Crippen LogP contribution < -0.4 is 5.32 Å². The number of nitrogens with one attached hydrogen (secondary N) is 1.